The molecule has 3 fully saturated rings. The summed E-state index contributed by atoms with van der Waals surface area (Å²) in [6.07, 6.45) is 5.91. The first-order chi connectivity index (χ1) is 8.14. The molecule has 0 spiro atoms. The fraction of sp³-hybridized carbons (Fsp3) is 1.00. The van der Waals surface area contributed by atoms with Crippen molar-refractivity contribution in [2.24, 2.45) is 5.92 Å². The molecule has 3 rings (SSSR count). The quantitative estimate of drug-likeness (QED) is 0.809. The second-order valence-corrected chi connectivity index (χ2v) is 6.73. The van der Waals surface area contributed by atoms with E-state index in [4.69, 9.17) is 4.74 Å². The van der Waals surface area contributed by atoms with Crippen LogP contribution in [0.3, 0.4) is 0 Å². The molecule has 0 aromatic carbocycles. The zero-order valence-electron chi connectivity index (χ0n) is 11.2. The number of nitrogens with one attached hydrogen (secondary N) is 1. The molecule has 2 heterocycles. The highest BCUT2D eigenvalue weighted by Gasteiger charge is 2.41. The van der Waals surface area contributed by atoms with Gasteiger partial charge in [0.15, 0.2) is 0 Å². The van der Waals surface area contributed by atoms with Gasteiger partial charge in [-0.1, -0.05) is 0 Å². The Kier molecular flexibility index (Phi) is 3.18. The minimum atomic E-state index is 0.268. The predicted octanol–water partition coefficient (Wildman–Crippen LogP) is 1.63. The summed E-state index contributed by atoms with van der Waals surface area (Å²) < 4.78 is 5.81. The number of nitrogens with zero attached hydrogens (tertiary/aromatic N) is 1. The molecular formula is C14H26N2O. The molecule has 0 radical (unpaired) electrons. The lowest BCUT2D eigenvalue weighted by atomic mass is 9.96. The number of hydrogen-bond donors (Lipinski definition) is 1. The van der Waals surface area contributed by atoms with Gasteiger partial charge in [0.05, 0.1) is 6.10 Å². The molecule has 0 bridgehead atoms. The first-order valence-corrected chi connectivity index (χ1v) is 7.25. The van der Waals surface area contributed by atoms with Gasteiger partial charge in [-0.3, -0.25) is 4.90 Å². The molecule has 98 valence electrons. The maximum absolute atomic E-state index is 5.81. The maximum atomic E-state index is 5.81. The van der Waals surface area contributed by atoms with Crippen molar-refractivity contribution in [1.82, 2.24) is 10.2 Å². The highest BCUT2D eigenvalue weighted by atomic mass is 16.5. The Labute approximate surface area is 105 Å². The topological polar surface area (TPSA) is 24.5 Å². The molecule has 17 heavy (non-hydrogen) atoms. The average Bonchev–Trinajstić information content (AvgIpc) is 2.96. The monoisotopic (exact) mass is 238 g/mol. The Morgan fingerprint density at radius 1 is 1.29 bits per heavy atom. The van der Waals surface area contributed by atoms with Gasteiger partial charge in [0.25, 0.3) is 0 Å². The SMILES string of the molecule is CC1(C)CN(CC2CCCO2)C(C2CC2)CN1. The molecule has 1 saturated carbocycles. The van der Waals surface area contributed by atoms with Crippen LogP contribution in [0.2, 0.25) is 0 Å². The van der Waals surface area contributed by atoms with Gasteiger partial charge < -0.3 is 10.1 Å². The van der Waals surface area contributed by atoms with Crippen molar-refractivity contribution in [3.63, 3.8) is 0 Å². The maximum Gasteiger partial charge on any atom is 0.0702 e. The normalized spacial score (nSPS) is 38.5. The summed E-state index contributed by atoms with van der Waals surface area (Å²) >= 11 is 0. The van der Waals surface area contributed by atoms with Crippen LogP contribution in [-0.2, 0) is 4.74 Å². The molecule has 3 aliphatic rings. The van der Waals surface area contributed by atoms with Crippen LogP contribution in [0.15, 0.2) is 0 Å². The summed E-state index contributed by atoms with van der Waals surface area (Å²) in [6, 6.07) is 0.771. The molecule has 2 atom stereocenters. The third-order valence-electron chi connectivity index (χ3n) is 4.49. The zero-order valence-corrected chi connectivity index (χ0v) is 11.2. The molecule has 0 amide bonds. The van der Waals surface area contributed by atoms with Crippen LogP contribution >= 0.6 is 0 Å². The Balaban J connectivity index is 1.63. The second kappa shape index (κ2) is 4.52. The fourth-order valence-corrected chi connectivity index (χ4v) is 3.39. The predicted molar refractivity (Wildman–Crippen MR) is 69.1 cm³/mol. The molecule has 3 heteroatoms. The second-order valence-electron chi connectivity index (χ2n) is 6.73. The Hall–Kier alpha value is -0.120. The van der Waals surface area contributed by atoms with E-state index in [0.717, 1.165) is 25.1 Å². The molecule has 0 aromatic rings. The van der Waals surface area contributed by atoms with E-state index < -0.39 is 0 Å². The van der Waals surface area contributed by atoms with Crippen LogP contribution in [-0.4, -0.2) is 48.8 Å². The van der Waals surface area contributed by atoms with Crippen LogP contribution < -0.4 is 5.32 Å². The van der Waals surface area contributed by atoms with Crippen LogP contribution in [0.5, 0.6) is 0 Å². The van der Waals surface area contributed by atoms with Crippen molar-refractivity contribution in [3.8, 4) is 0 Å². The number of rotatable bonds is 3. The van der Waals surface area contributed by atoms with Gasteiger partial charge in [-0.25, -0.2) is 0 Å². The smallest absolute Gasteiger partial charge is 0.0702 e. The summed E-state index contributed by atoms with van der Waals surface area (Å²) in [4.78, 5) is 2.71. The van der Waals surface area contributed by atoms with Crippen LogP contribution in [0, 0.1) is 5.92 Å². The van der Waals surface area contributed by atoms with Crippen molar-refractivity contribution in [3.05, 3.63) is 0 Å². The number of hydrogen-bond acceptors (Lipinski definition) is 3. The van der Waals surface area contributed by atoms with Gasteiger partial charge in [-0.05, 0) is 45.4 Å². The average molecular weight is 238 g/mol. The Bertz CT molecular complexity index is 269. The summed E-state index contributed by atoms with van der Waals surface area (Å²) in [5.41, 5.74) is 0.268. The summed E-state index contributed by atoms with van der Waals surface area (Å²) in [5, 5.41) is 3.70. The van der Waals surface area contributed by atoms with E-state index in [-0.39, 0.29) is 5.54 Å². The summed E-state index contributed by atoms with van der Waals surface area (Å²) in [5.74, 6) is 0.958. The molecular weight excluding hydrogens is 212 g/mol. The van der Waals surface area contributed by atoms with Crippen molar-refractivity contribution >= 4 is 0 Å². The van der Waals surface area contributed by atoms with Crippen LogP contribution in [0.25, 0.3) is 0 Å². The molecule has 2 saturated heterocycles. The molecule has 1 N–H and O–H groups in total. The third kappa shape index (κ3) is 2.83. The van der Waals surface area contributed by atoms with E-state index in [1.54, 1.807) is 0 Å². The Morgan fingerprint density at radius 3 is 2.76 bits per heavy atom. The van der Waals surface area contributed by atoms with E-state index in [1.807, 2.05) is 0 Å². The first kappa shape index (κ1) is 11.9. The number of piperazine rings is 1. The summed E-state index contributed by atoms with van der Waals surface area (Å²) in [7, 11) is 0. The van der Waals surface area contributed by atoms with Gasteiger partial charge in [-0.2, -0.15) is 0 Å². The minimum absolute atomic E-state index is 0.268. The molecule has 2 unspecified atom stereocenters. The Morgan fingerprint density at radius 2 is 2.12 bits per heavy atom. The molecule has 0 aromatic heterocycles. The largest absolute Gasteiger partial charge is 0.377 e. The minimum Gasteiger partial charge on any atom is -0.377 e. The van der Waals surface area contributed by atoms with E-state index in [9.17, 15) is 0 Å². The van der Waals surface area contributed by atoms with E-state index in [0.29, 0.717) is 6.10 Å². The lowest BCUT2D eigenvalue weighted by molar-refractivity contribution is 0.0204. The van der Waals surface area contributed by atoms with Crippen LogP contribution in [0.1, 0.15) is 39.5 Å². The lowest BCUT2D eigenvalue weighted by Crippen LogP contribution is -2.63. The van der Waals surface area contributed by atoms with Gasteiger partial charge in [0.2, 0.25) is 0 Å². The van der Waals surface area contributed by atoms with E-state index in [2.05, 4.69) is 24.1 Å². The van der Waals surface area contributed by atoms with Crippen molar-refractivity contribution in [2.75, 3.05) is 26.2 Å². The van der Waals surface area contributed by atoms with Gasteiger partial charge in [-0.15, -0.1) is 0 Å². The van der Waals surface area contributed by atoms with Crippen molar-refractivity contribution in [1.29, 1.82) is 0 Å². The highest BCUT2D eigenvalue weighted by Crippen LogP contribution is 2.37. The first-order valence-electron chi connectivity index (χ1n) is 7.25. The zero-order chi connectivity index (χ0) is 11.9. The van der Waals surface area contributed by atoms with Gasteiger partial charge >= 0.3 is 0 Å². The van der Waals surface area contributed by atoms with Crippen molar-refractivity contribution in [2.45, 2.75) is 57.2 Å². The molecule has 1 aliphatic carbocycles. The summed E-state index contributed by atoms with van der Waals surface area (Å²) in [6.45, 7) is 9.12. The lowest BCUT2D eigenvalue weighted by Gasteiger charge is -2.45. The van der Waals surface area contributed by atoms with Gasteiger partial charge in [0.1, 0.15) is 0 Å². The van der Waals surface area contributed by atoms with Gasteiger partial charge in [0, 0.05) is 37.8 Å². The number of ether oxygens (including phenoxy) is 1. The standard InChI is InChI=1S/C14H26N2O/c1-14(2)10-16(9-12-4-3-7-17-12)13(8-15-14)11-5-6-11/h11-13,15H,3-10H2,1-2H3. The molecule has 2 aliphatic heterocycles. The molecule has 3 nitrogen and oxygen atoms in total. The van der Waals surface area contributed by atoms with E-state index in [1.165, 1.54) is 38.8 Å². The third-order valence-corrected chi connectivity index (χ3v) is 4.49. The fourth-order valence-electron chi connectivity index (χ4n) is 3.39. The highest BCUT2D eigenvalue weighted by molar-refractivity contribution is 4.99. The van der Waals surface area contributed by atoms with E-state index >= 15 is 0 Å². The van der Waals surface area contributed by atoms with Crippen LogP contribution in [0.4, 0.5) is 0 Å². The van der Waals surface area contributed by atoms with Crippen molar-refractivity contribution < 1.29 is 4.74 Å².